The second-order valence-corrected chi connectivity index (χ2v) is 7.12. The van der Waals surface area contributed by atoms with Crippen molar-refractivity contribution >= 4 is 34.4 Å². The molecule has 1 saturated heterocycles. The normalized spacial score (nSPS) is 15.5. The molecule has 2 aromatic carbocycles. The number of rotatable bonds is 3. The predicted octanol–water partition coefficient (Wildman–Crippen LogP) is 4.11. The minimum absolute atomic E-state index is 0.0188. The molecule has 6 nitrogen and oxygen atoms in total. The molecule has 3 aromatic rings. The number of nitrogens with zero attached hydrogens (tertiary/aromatic N) is 2. The van der Waals surface area contributed by atoms with E-state index in [1.807, 2.05) is 0 Å². The highest BCUT2D eigenvalue weighted by Crippen LogP contribution is 2.39. The SMILES string of the molecule is O=C1CCN(c2ccc(N=Cc3c(O)[nH]c4ccc(F)cc34)cc2C(F)(F)F)CCN1. The molecule has 0 saturated carbocycles. The van der Waals surface area contributed by atoms with Crippen LogP contribution in [0.4, 0.5) is 28.9 Å². The molecule has 2 heterocycles. The largest absolute Gasteiger partial charge is 0.494 e. The van der Waals surface area contributed by atoms with Crippen molar-refractivity contribution in [3.05, 3.63) is 53.3 Å². The predicted molar refractivity (Wildman–Crippen MR) is 108 cm³/mol. The molecule has 1 aliphatic rings. The third-order valence-corrected chi connectivity index (χ3v) is 5.06. The molecule has 0 bridgehead atoms. The van der Waals surface area contributed by atoms with E-state index in [2.05, 4.69) is 15.3 Å². The third-order valence-electron chi connectivity index (χ3n) is 5.06. The Bertz CT molecular complexity index is 1170. The summed E-state index contributed by atoms with van der Waals surface area (Å²) in [6.45, 7) is 0.685. The Morgan fingerprint density at radius 3 is 2.71 bits per heavy atom. The summed E-state index contributed by atoms with van der Waals surface area (Å²) in [5, 5.41) is 13.1. The maximum atomic E-state index is 13.7. The maximum absolute atomic E-state index is 13.7. The van der Waals surface area contributed by atoms with Gasteiger partial charge in [0.05, 0.1) is 16.8 Å². The molecule has 3 N–H and O–H groups in total. The zero-order valence-corrected chi connectivity index (χ0v) is 16.1. The van der Waals surface area contributed by atoms with Gasteiger partial charge >= 0.3 is 6.18 Å². The number of amides is 1. The van der Waals surface area contributed by atoms with Gasteiger partial charge in [0.15, 0.2) is 5.88 Å². The highest BCUT2D eigenvalue weighted by atomic mass is 19.4. The number of hydrogen-bond donors (Lipinski definition) is 3. The summed E-state index contributed by atoms with van der Waals surface area (Å²) in [5.41, 5.74) is -0.240. The first-order valence-electron chi connectivity index (χ1n) is 9.49. The summed E-state index contributed by atoms with van der Waals surface area (Å²) in [4.78, 5) is 19.8. The second kappa shape index (κ2) is 7.93. The lowest BCUT2D eigenvalue weighted by molar-refractivity contribution is -0.137. The van der Waals surface area contributed by atoms with Crippen LogP contribution in [0.2, 0.25) is 0 Å². The van der Waals surface area contributed by atoms with Crippen molar-refractivity contribution in [2.24, 2.45) is 4.99 Å². The molecular formula is C21H18F4N4O2. The summed E-state index contributed by atoms with van der Waals surface area (Å²) < 4.78 is 54.8. The average molecular weight is 434 g/mol. The first kappa shape index (κ1) is 20.7. The molecule has 10 heteroatoms. The summed E-state index contributed by atoms with van der Waals surface area (Å²) >= 11 is 0. The number of hydrogen-bond acceptors (Lipinski definition) is 4. The third kappa shape index (κ3) is 4.32. The van der Waals surface area contributed by atoms with Crippen LogP contribution in [0.15, 0.2) is 41.4 Å². The lowest BCUT2D eigenvalue weighted by Gasteiger charge is -2.25. The standard InChI is InChI=1S/C21H18F4N4O2/c22-12-1-3-17-14(9-12)15(20(31)28-17)11-27-13-2-4-18(16(10-13)21(23,24)25)29-7-5-19(30)26-6-8-29/h1-4,9-11,28,31H,5-8H2,(H,26,30). The number of fused-ring (bicyclic) bond motifs is 1. The van der Waals surface area contributed by atoms with Gasteiger partial charge in [-0.25, -0.2) is 4.39 Å². The molecule has 4 rings (SSSR count). The molecule has 31 heavy (non-hydrogen) atoms. The number of H-pyrrole nitrogens is 1. The number of halogens is 4. The number of aromatic amines is 1. The summed E-state index contributed by atoms with van der Waals surface area (Å²) in [7, 11) is 0. The van der Waals surface area contributed by atoms with Gasteiger partial charge in [-0.2, -0.15) is 13.2 Å². The first-order valence-corrected chi connectivity index (χ1v) is 9.49. The molecule has 1 amide bonds. The number of aliphatic imine (C=N–C) groups is 1. The Kier molecular flexibility index (Phi) is 5.30. The molecule has 1 aliphatic heterocycles. The van der Waals surface area contributed by atoms with E-state index in [4.69, 9.17) is 0 Å². The smallest absolute Gasteiger partial charge is 0.418 e. The number of alkyl halides is 3. The average Bonchev–Trinajstić information content (AvgIpc) is 2.86. The van der Waals surface area contributed by atoms with E-state index in [0.29, 0.717) is 10.9 Å². The zero-order valence-electron chi connectivity index (χ0n) is 16.1. The Morgan fingerprint density at radius 1 is 1.13 bits per heavy atom. The van der Waals surface area contributed by atoms with Crippen LogP contribution in [0, 0.1) is 5.82 Å². The van der Waals surface area contributed by atoms with Gasteiger partial charge < -0.3 is 20.3 Å². The topological polar surface area (TPSA) is 80.7 Å². The molecule has 1 aromatic heterocycles. The van der Waals surface area contributed by atoms with E-state index in [9.17, 15) is 27.5 Å². The molecular weight excluding hydrogens is 416 g/mol. The number of aromatic nitrogens is 1. The lowest BCUT2D eigenvalue weighted by atomic mass is 10.1. The monoisotopic (exact) mass is 434 g/mol. The molecule has 1 fully saturated rings. The highest BCUT2D eigenvalue weighted by Gasteiger charge is 2.35. The van der Waals surface area contributed by atoms with Crippen molar-refractivity contribution in [2.75, 3.05) is 24.5 Å². The van der Waals surface area contributed by atoms with Gasteiger partial charge in [-0.1, -0.05) is 0 Å². The van der Waals surface area contributed by atoms with Crippen molar-refractivity contribution in [3.63, 3.8) is 0 Å². The van der Waals surface area contributed by atoms with Crippen molar-refractivity contribution in [3.8, 4) is 5.88 Å². The van der Waals surface area contributed by atoms with Crippen LogP contribution in [0.1, 0.15) is 17.5 Å². The molecule has 162 valence electrons. The van der Waals surface area contributed by atoms with E-state index in [0.717, 1.165) is 6.07 Å². The molecule has 0 aliphatic carbocycles. The Morgan fingerprint density at radius 2 is 1.94 bits per heavy atom. The summed E-state index contributed by atoms with van der Waals surface area (Å²) in [6.07, 6.45) is -3.33. The number of benzene rings is 2. The number of anilines is 1. The van der Waals surface area contributed by atoms with E-state index in [-0.39, 0.29) is 54.8 Å². The van der Waals surface area contributed by atoms with Crippen LogP contribution in [0.25, 0.3) is 10.9 Å². The quantitative estimate of drug-likeness (QED) is 0.429. The van der Waals surface area contributed by atoms with Gasteiger partial charge in [0.25, 0.3) is 0 Å². The maximum Gasteiger partial charge on any atom is 0.418 e. The molecule has 0 radical (unpaired) electrons. The van der Waals surface area contributed by atoms with Crippen LogP contribution in [0.5, 0.6) is 5.88 Å². The minimum atomic E-state index is -4.63. The van der Waals surface area contributed by atoms with Gasteiger partial charge in [0, 0.05) is 48.9 Å². The van der Waals surface area contributed by atoms with Crippen LogP contribution in [-0.2, 0) is 11.0 Å². The van der Waals surface area contributed by atoms with Crippen LogP contribution in [0.3, 0.4) is 0 Å². The molecule has 0 unspecified atom stereocenters. The van der Waals surface area contributed by atoms with E-state index < -0.39 is 17.6 Å². The van der Waals surface area contributed by atoms with Crippen molar-refractivity contribution < 1.29 is 27.5 Å². The van der Waals surface area contributed by atoms with Crippen molar-refractivity contribution in [1.29, 1.82) is 0 Å². The Hall–Kier alpha value is -3.56. The van der Waals surface area contributed by atoms with E-state index in [1.165, 1.54) is 41.4 Å². The minimum Gasteiger partial charge on any atom is -0.494 e. The summed E-state index contributed by atoms with van der Waals surface area (Å²) in [6, 6.07) is 7.52. The van der Waals surface area contributed by atoms with Crippen molar-refractivity contribution in [2.45, 2.75) is 12.6 Å². The van der Waals surface area contributed by atoms with Crippen LogP contribution in [-0.4, -0.2) is 41.8 Å². The van der Waals surface area contributed by atoms with Gasteiger partial charge in [0.2, 0.25) is 5.91 Å². The first-order chi connectivity index (χ1) is 14.7. The summed E-state index contributed by atoms with van der Waals surface area (Å²) in [5.74, 6) is -0.985. The number of nitrogens with one attached hydrogen (secondary N) is 2. The number of carbonyl (C=O) groups is 1. The Balaban J connectivity index is 1.69. The van der Waals surface area contributed by atoms with Crippen LogP contribution < -0.4 is 10.2 Å². The lowest BCUT2D eigenvalue weighted by Crippen LogP contribution is -2.30. The second-order valence-electron chi connectivity index (χ2n) is 7.12. The van der Waals surface area contributed by atoms with Gasteiger partial charge in [-0.3, -0.25) is 9.79 Å². The van der Waals surface area contributed by atoms with Crippen molar-refractivity contribution in [1.82, 2.24) is 10.3 Å². The fraction of sp³-hybridized carbons (Fsp3) is 0.238. The van der Waals surface area contributed by atoms with Gasteiger partial charge in [-0.15, -0.1) is 0 Å². The number of aromatic hydroxyl groups is 1. The number of carbonyl (C=O) groups excluding carboxylic acids is 1. The van der Waals surface area contributed by atoms with E-state index >= 15 is 0 Å². The fourth-order valence-corrected chi connectivity index (χ4v) is 3.56. The Labute approximate surface area is 174 Å². The molecule has 0 spiro atoms. The van der Waals surface area contributed by atoms with Gasteiger partial charge in [0.1, 0.15) is 5.82 Å². The van der Waals surface area contributed by atoms with Gasteiger partial charge in [-0.05, 0) is 36.4 Å². The van der Waals surface area contributed by atoms with E-state index in [1.54, 1.807) is 0 Å². The highest BCUT2D eigenvalue weighted by molar-refractivity contribution is 6.02. The zero-order chi connectivity index (χ0) is 22.2. The fourth-order valence-electron chi connectivity index (χ4n) is 3.56. The van der Waals surface area contributed by atoms with Crippen LogP contribution >= 0.6 is 0 Å². The molecule has 0 atom stereocenters.